The van der Waals surface area contributed by atoms with Crippen LogP contribution in [0.5, 0.6) is 0 Å². The smallest absolute Gasteiger partial charge is 0.337 e. The number of hydrogen-bond acceptors (Lipinski definition) is 6. The van der Waals surface area contributed by atoms with E-state index < -0.39 is 24.0 Å². The largest absolute Gasteiger partial charge is 0.466 e. The van der Waals surface area contributed by atoms with Crippen molar-refractivity contribution in [2.24, 2.45) is 0 Å². The second-order valence-electron chi connectivity index (χ2n) is 9.67. The average Bonchev–Trinajstić information content (AvgIpc) is 3.34. The number of rotatable bonds is 6. The van der Waals surface area contributed by atoms with Crippen LogP contribution in [0, 0.1) is 20.8 Å². The summed E-state index contributed by atoms with van der Waals surface area (Å²) in [7, 11) is 1.35. The number of hydrogen-bond donors (Lipinski definition) is 2. The molecule has 2 N–H and O–H groups in total. The standard InChI is InChI=1S/C30H32N2O5/c1-6-36-15-23-28(29(33)35-5)26(20-8-7-9-21-19(20)10-11-31-21)27-22(32-23)14-24(37-30(27)34)25-17(3)12-16(2)13-18(25)4/h7-13,24,26,31-32H,6,14-15H2,1-5H3. The van der Waals surface area contributed by atoms with Gasteiger partial charge in [0.15, 0.2) is 0 Å². The highest BCUT2D eigenvalue weighted by molar-refractivity contribution is 6.02. The second kappa shape index (κ2) is 9.90. The molecule has 2 aliphatic heterocycles. The Morgan fingerprint density at radius 2 is 1.89 bits per heavy atom. The summed E-state index contributed by atoms with van der Waals surface area (Å²) in [6.07, 6.45) is 1.89. The summed E-state index contributed by atoms with van der Waals surface area (Å²) < 4.78 is 17.1. The van der Waals surface area contributed by atoms with Crippen molar-refractivity contribution >= 4 is 22.8 Å². The van der Waals surface area contributed by atoms with Gasteiger partial charge in [0.1, 0.15) is 6.10 Å². The maximum absolute atomic E-state index is 13.8. The highest BCUT2D eigenvalue weighted by atomic mass is 16.5. The Morgan fingerprint density at radius 1 is 1.14 bits per heavy atom. The summed E-state index contributed by atoms with van der Waals surface area (Å²) in [4.78, 5) is 30.3. The number of aromatic amines is 1. The molecule has 0 bridgehead atoms. The monoisotopic (exact) mass is 500 g/mol. The van der Waals surface area contributed by atoms with Crippen LogP contribution in [-0.2, 0) is 23.8 Å². The molecule has 0 saturated carbocycles. The molecule has 5 rings (SSSR count). The van der Waals surface area contributed by atoms with Crippen LogP contribution in [0.15, 0.2) is 65.1 Å². The van der Waals surface area contributed by atoms with Crippen molar-refractivity contribution in [2.45, 2.75) is 46.1 Å². The predicted octanol–water partition coefficient (Wildman–Crippen LogP) is 5.19. The Balaban J connectivity index is 1.69. The minimum atomic E-state index is -0.660. The molecule has 0 aliphatic carbocycles. The third kappa shape index (κ3) is 4.33. The van der Waals surface area contributed by atoms with Gasteiger partial charge in [0.2, 0.25) is 0 Å². The number of dihydropyridines is 1. The quantitative estimate of drug-likeness (QED) is 0.453. The van der Waals surface area contributed by atoms with Crippen LogP contribution in [0.3, 0.4) is 0 Å². The van der Waals surface area contributed by atoms with Gasteiger partial charge in [-0.2, -0.15) is 0 Å². The zero-order valence-electron chi connectivity index (χ0n) is 21.9. The molecule has 192 valence electrons. The maximum Gasteiger partial charge on any atom is 0.337 e. The summed E-state index contributed by atoms with van der Waals surface area (Å²) >= 11 is 0. The van der Waals surface area contributed by atoms with Crippen LogP contribution < -0.4 is 5.32 Å². The van der Waals surface area contributed by atoms with Crippen molar-refractivity contribution in [1.82, 2.24) is 10.3 Å². The summed E-state index contributed by atoms with van der Waals surface area (Å²) in [5, 5.41) is 4.33. The van der Waals surface area contributed by atoms with E-state index in [4.69, 9.17) is 14.2 Å². The summed E-state index contributed by atoms with van der Waals surface area (Å²) in [6.45, 7) is 8.74. The first-order valence-corrected chi connectivity index (χ1v) is 12.6. The van der Waals surface area contributed by atoms with E-state index in [1.807, 2.05) is 51.2 Å². The van der Waals surface area contributed by atoms with Gasteiger partial charge >= 0.3 is 11.9 Å². The molecule has 0 fully saturated rings. The lowest BCUT2D eigenvalue weighted by molar-refractivity contribution is -0.146. The first-order valence-electron chi connectivity index (χ1n) is 12.6. The number of carbonyl (C=O) groups is 2. The van der Waals surface area contributed by atoms with E-state index >= 15 is 0 Å². The molecular weight excluding hydrogens is 468 g/mol. The van der Waals surface area contributed by atoms with Crippen LogP contribution in [0.4, 0.5) is 0 Å². The summed E-state index contributed by atoms with van der Waals surface area (Å²) in [5.74, 6) is -1.61. The zero-order valence-corrected chi connectivity index (χ0v) is 21.9. The minimum Gasteiger partial charge on any atom is -0.466 e. The Bertz CT molecular complexity index is 1440. The molecule has 0 radical (unpaired) electrons. The molecular formula is C30H32N2O5. The molecule has 7 nitrogen and oxygen atoms in total. The Labute approximate surface area is 216 Å². The van der Waals surface area contributed by atoms with E-state index in [0.717, 1.165) is 38.9 Å². The van der Waals surface area contributed by atoms with E-state index in [2.05, 4.69) is 29.4 Å². The lowest BCUT2D eigenvalue weighted by Gasteiger charge is -2.37. The predicted molar refractivity (Wildman–Crippen MR) is 141 cm³/mol. The Hall–Kier alpha value is -3.84. The third-order valence-electron chi connectivity index (χ3n) is 7.24. The SMILES string of the molecule is CCOCC1=C(C(=O)OC)C(c2cccc3[nH]ccc23)C2=C(CC(c3c(C)cc(C)cc3C)OC2=O)N1. The van der Waals surface area contributed by atoms with E-state index in [9.17, 15) is 9.59 Å². The fraction of sp³-hybridized carbons (Fsp3) is 0.333. The topological polar surface area (TPSA) is 89.7 Å². The molecule has 3 aromatic rings. The lowest BCUT2D eigenvalue weighted by Crippen LogP contribution is -2.39. The van der Waals surface area contributed by atoms with Crippen LogP contribution in [0.1, 0.15) is 53.2 Å². The Morgan fingerprint density at radius 3 is 2.59 bits per heavy atom. The van der Waals surface area contributed by atoms with E-state index in [1.165, 1.54) is 12.7 Å². The van der Waals surface area contributed by atoms with Crippen molar-refractivity contribution in [1.29, 1.82) is 0 Å². The number of nitrogens with one attached hydrogen (secondary N) is 2. The van der Waals surface area contributed by atoms with Gasteiger partial charge in [0, 0.05) is 35.8 Å². The molecule has 2 unspecified atom stereocenters. The number of esters is 2. The highest BCUT2D eigenvalue weighted by Crippen LogP contribution is 2.47. The van der Waals surface area contributed by atoms with Crippen molar-refractivity contribution in [2.75, 3.05) is 20.3 Å². The molecule has 2 aliphatic rings. The molecule has 0 spiro atoms. The lowest BCUT2D eigenvalue weighted by atomic mass is 9.77. The van der Waals surface area contributed by atoms with Gasteiger partial charge in [-0.25, -0.2) is 9.59 Å². The molecule has 2 atom stereocenters. The number of fused-ring (bicyclic) bond motifs is 1. The van der Waals surface area contributed by atoms with Crippen LogP contribution >= 0.6 is 0 Å². The Kier molecular flexibility index (Phi) is 6.65. The van der Waals surface area contributed by atoms with Gasteiger partial charge in [-0.05, 0) is 62.1 Å². The number of ether oxygens (including phenoxy) is 3. The molecule has 7 heteroatoms. The van der Waals surface area contributed by atoms with Crippen LogP contribution in [-0.4, -0.2) is 37.2 Å². The molecule has 0 amide bonds. The van der Waals surface area contributed by atoms with E-state index in [0.29, 0.717) is 29.9 Å². The normalized spacial score (nSPS) is 19.5. The van der Waals surface area contributed by atoms with Crippen molar-refractivity contribution in [3.8, 4) is 0 Å². The molecule has 3 heterocycles. The van der Waals surface area contributed by atoms with Gasteiger partial charge in [-0.3, -0.25) is 0 Å². The van der Waals surface area contributed by atoms with Crippen molar-refractivity contribution in [3.63, 3.8) is 0 Å². The number of aromatic nitrogens is 1. The molecule has 1 aromatic heterocycles. The highest BCUT2D eigenvalue weighted by Gasteiger charge is 2.44. The fourth-order valence-electron chi connectivity index (χ4n) is 5.83. The molecule has 0 saturated heterocycles. The summed E-state index contributed by atoms with van der Waals surface area (Å²) in [5.41, 5.74) is 8.27. The number of carbonyl (C=O) groups excluding carboxylic acids is 2. The van der Waals surface area contributed by atoms with E-state index in [-0.39, 0.29) is 6.61 Å². The number of aryl methyl sites for hydroxylation is 3. The van der Waals surface area contributed by atoms with E-state index in [1.54, 1.807) is 0 Å². The van der Waals surface area contributed by atoms with Gasteiger partial charge in [0.25, 0.3) is 0 Å². The van der Waals surface area contributed by atoms with Crippen LogP contribution in [0.2, 0.25) is 0 Å². The third-order valence-corrected chi connectivity index (χ3v) is 7.24. The number of H-pyrrole nitrogens is 1. The number of methoxy groups -OCH3 is 1. The summed E-state index contributed by atoms with van der Waals surface area (Å²) in [6, 6.07) is 12.0. The zero-order chi connectivity index (χ0) is 26.3. The molecule has 2 aromatic carbocycles. The van der Waals surface area contributed by atoms with Crippen molar-refractivity contribution < 1.29 is 23.8 Å². The average molecular weight is 501 g/mol. The van der Waals surface area contributed by atoms with Crippen LogP contribution in [0.25, 0.3) is 10.9 Å². The van der Waals surface area contributed by atoms with Crippen molar-refractivity contribution in [3.05, 3.63) is 93.0 Å². The second-order valence-corrected chi connectivity index (χ2v) is 9.67. The number of benzene rings is 2. The minimum absolute atomic E-state index is 0.194. The van der Waals surface area contributed by atoms with Gasteiger partial charge in [-0.1, -0.05) is 29.8 Å². The van der Waals surface area contributed by atoms with Gasteiger partial charge < -0.3 is 24.5 Å². The molecule has 37 heavy (non-hydrogen) atoms. The first kappa shape index (κ1) is 24.8. The van der Waals surface area contributed by atoms with Gasteiger partial charge in [0.05, 0.1) is 36.5 Å². The number of cyclic esters (lactones) is 1. The fourth-order valence-corrected chi connectivity index (χ4v) is 5.83. The van der Waals surface area contributed by atoms with Gasteiger partial charge in [-0.15, -0.1) is 0 Å². The maximum atomic E-state index is 13.8. The first-order chi connectivity index (χ1) is 17.8.